The van der Waals surface area contributed by atoms with E-state index in [1.54, 1.807) is 12.1 Å². The Balaban J connectivity index is 2.92. The van der Waals surface area contributed by atoms with Crippen molar-refractivity contribution in [3.63, 3.8) is 0 Å². The molecule has 0 unspecified atom stereocenters. The van der Waals surface area contributed by atoms with Gasteiger partial charge in [-0.05, 0) is 18.6 Å². The molecule has 0 aromatic heterocycles. The summed E-state index contributed by atoms with van der Waals surface area (Å²) in [4.78, 5) is 0. The second kappa shape index (κ2) is 4.94. The summed E-state index contributed by atoms with van der Waals surface area (Å²) in [6.45, 7) is 2.61. The quantitative estimate of drug-likeness (QED) is 0.758. The summed E-state index contributed by atoms with van der Waals surface area (Å²) in [5.74, 6) is 0.509. The molecule has 1 rings (SSSR count). The number of benzene rings is 1. The second-order valence-corrected chi connectivity index (χ2v) is 3.80. The highest BCUT2D eigenvalue weighted by Crippen LogP contribution is 2.35. The fourth-order valence-corrected chi connectivity index (χ4v) is 1.80. The first-order valence-electron chi connectivity index (χ1n) is 3.92. The maximum Gasteiger partial charge on any atom is 0.156 e. The second-order valence-electron chi connectivity index (χ2n) is 2.55. The molecular formula is C9H9Cl3O. The van der Waals surface area contributed by atoms with E-state index in [0.717, 1.165) is 6.42 Å². The average Bonchev–Trinajstić information content (AvgIpc) is 2.02. The molecule has 0 fully saturated rings. The fraction of sp³-hybridized carbons (Fsp3) is 0.333. The minimum absolute atomic E-state index is 0.450. The van der Waals surface area contributed by atoms with E-state index in [0.29, 0.717) is 27.4 Å². The Bertz CT molecular complexity index is 276. The maximum atomic E-state index is 5.88. The van der Waals surface area contributed by atoms with E-state index < -0.39 is 0 Å². The lowest BCUT2D eigenvalue weighted by atomic mass is 10.3. The Morgan fingerprint density at radius 1 is 1.15 bits per heavy atom. The minimum atomic E-state index is 0.450. The lowest BCUT2D eigenvalue weighted by Crippen LogP contribution is -1.96. The van der Waals surface area contributed by atoms with Crippen LogP contribution in [0.5, 0.6) is 5.75 Å². The van der Waals surface area contributed by atoms with Crippen molar-refractivity contribution in [3.8, 4) is 5.75 Å². The molecule has 0 N–H and O–H groups in total. The van der Waals surface area contributed by atoms with Crippen LogP contribution in [-0.4, -0.2) is 6.61 Å². The summed E-state index contributed by atoms with van der Waals surface area (Å²) < 4.78 is 5.35. The van der Waals surface area contributed by atoms with Crippen LogP contribution in [0, 0.1) is 0 Å². The van der Waals surface area contributed by atoms with Crippen LogP contribution in [0.25, 0.3) is 0 Å². The van der Waals surface area contributed by atoms with Gasteiger partial charge in [-0.2, -0.15) is 0 Å². The molecule has 1 aromatic rings. The molecule has 0 saturated carbocycles. The van der Waals surface area contributed by atoms with Crippen LogP contribution in [0.2, 0.25) is 15.1 Å². The van der Waals surface area contributed by atoms with Crippen LogP contribution in [0.4, 0.5) is 0 Å². The normalized spacial score (nSPS) is 10.2. The van der Waals surface area contributed by atoms with E-state index in [1.807, 2.05) is 6.92 Å². The highest BCUT2D eigenvalue weighted by atomic mass is 35.5. The standard InChI is InChI=1S/C9H9Cl3O/c1-2-3-13-9-7(11)4-6(10)5-8(9)12/h4-5H,2-3H2,1H3. The molecular weight excluding hydrogens is 230 g/mol. The summed E-state index contributed by atoms with van der Waals surface area (Å²) in [5.41, 5.74) is 0. The predicted molar refractivity (Wildman–Crippen MR) is 57.3 cm³/mol. The fourth-order valence-electron chi connectivity index (χ4n) is 0.871. The molecule has 1 aromatic carbocycles. The van der Waals surface area contributed by atoms with Crippen molar-refractivity contribution in [2.75, 3.05) is 6.61 Å². The summed E-state index contributed by atoms with van der Waals surface area (Å²) in [6.07, 6.45) is 0.912. The van der Waals surface area contributed by atoms with E-state index in [-0.39, 0.29) is 0 Å². The monoisotopic (exact) mass is 238 g/mol. The van der Waals surface area contributed by atoms with Crippen molar-refractivity contribution in [3.05, 3.63) is 27.2 Å². The number of hydrogen-bond acceptors (Lipinski definition) is 1. The van der Waals surface area contributed by atoms with E-state index in [4.69, 9.17) is 39.5 Å². The molecule has 13 heavy (non-hydrogen) atoms. The van der Waals surface area contributed by atoms with E-state index in [9.17, 15) is 0 Å². The Hall–Kier alpha value is -0.110. The van der Waals surface area contributed by atoms with Crippen molar-refractivity contribution in [1.29, 1.82) is 0 Å². The van der Waals surface area contributed by atoms with Gasteiger partial charge in [0, 0.05) is 5.02 Å². The zero-order valence-corrected chi connectivity index (χ0v) is 9.38. The van der Waals surface area contributed by atoms with Gasteiger partial charge in [0.25, 0.3) is 0 Å². The SMILES string of the molecule is CCCOc1c(Cl)cc(Cl)cc1Cl. The van der Waals surface area contributed by atoms with Crippen molar-refractivity contribution >= 4 is 34.8 Å². The Kier molecular flexibility index (Phi) is 4.17. The van der Waals surface area contributed by atoms with Crippen molar-refractivity contribution in [2.45, 2.75) is 13.3 Å². The van der Waals surface area contributed by atoms with Gasteiger partial charge in [-0.25, -0.2) is 0 Å². The summed E-state index contributed by atoms with van der Waals surface area (Å²) in [6, 6.07) is 3.22. The van der Waals surface area contributed by atoms with Crippen molar-refractivity contribution in [1.82, 2.24) is 0 Å². The molecule has 0 saturated heterocycles. The number of ether oxygens (including phenoxy) is 1. The third-order valence-corrected chi connectivity index (χ3v) is 2.19. The molecule has 0 atom stereocenters. The number of halogens is 3. The largest absolute Gasteiger partial charge is 0.490 e. The zero-order chi connectivity index (χ0) is 9.84. The molecule has 0 aliphatic heterocycles. The molecule has 1 nitrogen and oxygen atoms in total. The van der Waals surface area contributed by atoms with Gasteiger partial charge in [0.1, 0.15) is 0 Å². The van der Waals surface area contributed by atoms with Gasteiger partial charge in [-0.15, -0.1) is 0 Å². The Morgan fingerprint density at radius 3 is 2.15 bits per heavy atom. The molecule has 0 aliphatic rings. The average molecular weight is 240 g/mol. The van der Waals surface area contributed by atoms with Gasteiger partial charge in [-0.3, -0.25) is 0 Å². The number of hydrogen-bond donors (Lipinski definition) is 0. The van der Waals surface area contributed by atoms with E-state index >= 15 is 0 Å². The maximum absolute atomic E-state index is 5.88. The third-order valence-electron chi connectivity index (χ3n) is 1.41. The van der Waals surface area contributed by atoms with Crippen LogP contribution in [0.15, 0.2) is 12.1 Å². The van der Waals surface area contributed by atoms with Crippen molar-refractivity contribution < 1.29 is 4.74 Å². The molecule has 0 heterocycles. The first-order valence-corrected chi connectivity index (χ1v) is 5.06. The van der Waals surface area contributed by atoms with Gasteiger partial charge in [-0.1, -0.05) is 41.7 Å². The minimum Gasteiger partial charge on any atom is -0.490 e. The highest BCUT2D eigenvalue weighted by molar-refractivity contribution is 6.40. The smallest absolute Gasteiger partial charge is 0.156 e. The Morgan fingerprint density at radius 2 is 1.69 bits per heavy atom. The molecule has 4 heteroatoms. The van der Waals surface area contributed by atoms with E-state index in [1.165, 1.54) is 0 Å². The summed E-state index contributed by atoms with van der Waals surface area (Å²) >= 11 is 17.5. The number of rotatable bonds is 3. The zero-order valence-electron chi connectivity index (χ0n) is 7.11. The molecule has 72 valence electrons. The van der Waals surface area contributed by atoms with Crippen LogP contribution in [-0.2, 0) is 0 Å². The van der Waals surface area contributed by atoms with E-state index in [2.05, 4.69) is 0 Å². The van der Waals surface area contributed by atoms with Crippen LogP contribution < -0.4 is 4.74 Å². The Labute approximate surface area is 92.5 Å². The molecule has 0 aliphatic carbocycles. The molecule has 0 bridgehead atoms. The van der Waals surface area contributed by atoms with Crippen LogP contribution in [0.1, 0.15) is 13.3 Å². The van der Waals surface area contributed by atoms with Gasteiger partial charge < -0.3 is 4.74 Å². The molecule has 0 spiro atoms. The summed E-state index contributed by atoms with van der Waals surface area (Å²) in [7, 11) is 0. The topological polar surface area (TPSA) is 9.23 Å². The van der Waals surface area contributed by atoms with Crippen LogP contribution >= 0.6 is 34.8 Å². The first kappa shape index (κ1) is 11.0. The van der Waals surface area contributed by atoms with Gasteiger partial charge in [0.05, 0.1) is 16.7 Å². The van der Waals surface area contributed by atoms with Gasteiger partial charge in [0.2, 0.25) is 0 Å². The first-order chi connectivity index (χ1) is 6.15. The third kappa shape index (κ3) is 2.94. The lowest BCUT2D eigenvalue weighted by Gasteiger charge is -2.08. The molecule has 0 radical (unpaired) electrons. The van der Waals surface area contributed by atoms with Crippen LogP contribution in [0.3, 0.4) is 0 Å². The highest BCUT2D eigenvalue weighted by Gasteiger charge is 2.08. The van der Waals surface area contributed by atoms with Gasteiger partial charge >= 0.3 is 0 Å². The summed E-state index contributed by atoms with van der Waals surface area (Å²) in [5, 5.41) is 1.41. The van der Waals surface area contributed by atoms with Crippen molar-refractivity contribution in [2.24, 2.45) is 0 Å². The lowest BCUT2D eigenvalue weighted by molar-refractivity contribution is 0.318. The van der Waals surface area contributed by atoms with Gasteiger partial charge in [0.15, 0.2) is 5.75 Å². The molecule has 0 amide bonds. The predicted octanol–water partition coefficient (Wildman–Crippen LogP) is 4.44.